The highest BCUT2D eigenvalue weighted by atomic mass is 19.3. The van der Waals surface area contributed by atoms with Crippen molar-refractivity contribution >= 4 is 10.9 Å². The molecule has 0 saturated heterocycles. The number of nitriles is 1. The van der Waals surface area contributed by atoms with Gasteiger partial charge in [0.25, 0.3) is 0 Å². The Kier molecular flexibility index (Phi) is 4.07. The summed E-state index contributed by atoms with van der Waals surface area (Å²) >= 11 is 0. The van der Waals surface area contributed by atoms with Gasteiger partial charge in [0.1, 0.15) is 5.82 Å². The van der Waals surface area contributed by atoms with E-state index >= 15 is 0 Å². The number of halogens is 3. The quantitative estimate of drug-likeness (QED) is 0.584. The summed E-state index contributed by atoms with van der Waals surface area (Å²) in [7, 11) is 0. The second kappa shape index (κ2) is 6.45. The minimum absolute atomic E-state index is 0.0706. The fourth-order valence-corrected chi connectivity index (χ4v) is 3.06. The second-order valence-corrected chi connectivity index (χ2v) is 6.18. The van der Waals surface area contributed by atoms with Crippen molar-refractivity contribution in [3.63, 3.8) is 0 Å². The fourth-order valence-electron chi connectivity index (χ4n) is 3.06. The fraction of sp³-hybridized carbons (Fsp3) is 0.167. The molecular weight excluding hydrogens is 371 g/mol. The highest BCUT2D eigenvalue weighted by molar-refractivity contribution is 5.83. The molecule has 10 heteroatoms. The van der Waals surface area contributed by atoms with Gasteiger partial charge in [0, 0.05) is 16.5 Å². The van der Waals surface area contributed by atoms with Gasteiger partial charge in [-0.05, 0) is 35.5 Å². The highest BCUT2D eigenvalue weighted by Crippen LogP contribution is 2.35. The van der Waals surface area contributed by atoms with Crippen LogP contribution in [0.15, 0.2) is 36.4 Å². The van der Waals surface area contributed by atoms with Crippen LogP contribution < -0.4 is 0 Å². The molecule has 0 saturated carbocycles. The number of rotatable bonds is 4. The van der Waals surface area contributed by atoms with Crippen LogP contribution >= 0.6 is 0 Å². The SMILES string of the molecule is Cc1nn(Cc2c(F)cccc2C#N)c2cc(C(F)(F)c3nnn[nH]3)ccc12. The number of H-pyrrole nitrogens is 1. The van der Waals surface area contributed by atoms with Gasteiger partial charge in [0.15, 0.2) is 0 Å². The van der Waals surface area contributed by atoms with Crippen molar-refractivity contribution in [1.82, 2.24) is 30.4 Å². The van der Waals surface area contributed by atoms with Crippen LogP contribution in [-0.2, 0) is 12.5 Å². The van der Waals surface area contributed by atoms with Gasteiger partial charge < -0.3 is 0 Å². The molecule has 0 amide bonds. The van der Waals surface area contributed by atoms with E-state index in [2.05, 4.69) is 25.7 Å². The van der Waals surface area contributed by atoms with Crippen molar-refractivity contribution in [2.24, 2.45) is 0 Å². The smallest absolute Gasteiger partial charge is 0.260 e. The third-order valence-corrected chi connectivity index (χ3v) is 4.49. The molecule has 2 aromatic heterocycles. The van der Waals surface area contributed by atoms with E-state index in [0.29, 0.717) is 16.6 Å². The summed E-state index contributed by atoms with van der Waals surface area (Å²) in [6.07, 6.45) is 0. The van der Waals surface area contributed by atoms with Gasteiger partial charge in [-0.15, -0.1) is 5.10 Å². The first kappa shape index (κ1) is 17.7. The summed E-state index contributed by atoms with van der Waals surface area (Å²) in [6, 6.07) is 10.2. The van der Waals surface area contributed by atoms with Gasteiger partial charge in [0.2, 0.25) is 5.82 Å². The second-order valence-electron chi connectivity index (χ2n) is 6.18. The first-order chi connectivity index (χ1) is 13.4. The van der Waals surface area contributed by atoms with Gasteiger partial charge in [-0.25, -0.2) is 9.49 Å². The maximum Gasteiger partial charge on any atom is 0.333 e. The van der Waals surface area contributed by atoms with Crippen molar-refractivity contribution in [1.29, 1.82) is 5.26 Å². The average molecular weight is 383 g/mol. The van der Waals surface area contributed by atoms with Gasteiger partial charge >= 0.3 is 5.92 Å². The molecule has 28 heavy (non-hydrogen) atoms. The third kappa shape index (κ3) is 2.77. The summed E-state index contributed by atoms with van der Waals surface area (Å²) in [5.41, 5.74) is 0.950. The Labute approximate surface area is 156 Å². The number of tetrazole rings is 1. The van der Waals surface area contributed by atoms with Crippen molar-refractivity contribution < 1.29 is 13.2 Å². The number of benzene rings is 2. The Balaban J connectivity index is 1.84. The van der Waals surface area contributed by atoms with E-state index in [9.17, 15) is 18.4 Å². The number of nitrogens with zero attached hydrogens (tertiary/aromatic N) is 6. The molecule has 4 rings (SSSR count). The van der Waals surface area contributed by atoms with Crippen molar-refractivity contribution in [3.8, 4) is 6.07 Å². The summed E-state index contributed by atoms with van der Waals surface area (Å²) in [5, 5.41) is 26.0. The van der Waals surface area contributed by atoms with Crippen LogP contribution in [0.1, 0.15) is 28.2 Å². The lowest BCUT2D eigenvalue weighted by Gasteiger charge is -2.14. The van der Waals surface area contributed by atoms with Gasteiger partial charge in [-0.2, -0.15) is 19.1 Å². The number of alkyl halides is 2. The Morgan fingerprint density at radius 3 is 2.79 bits per heavy atom. The molecular formula is C18H12F3N7. The van der Waals surface area contributed by atoms with E-state index in [4.69, 9.17) is 0 Å². The molecule has 0 aliphatic rings. The van der Waals surface area contributed by atoms with Gasteiger partial charge in [-0.3, -0.25) is 4.68 Å². The third-order valence-electron chi connectivity index (χ3n) is 4.49. The molecule has 7 nitrogen and oxygen atoms in total. The largest absolute Gasteiger partial charge is 0.333 e. The molecule has 2 heterocycles. The molecule has 0 atom stereocenters. The summed E-state index contributed by atoms with van der Waals surface area (Å²) in [4.78, 5) is 0. The molecule has 0 spiro atoms. The molecule has 0 aliphatic heterocycles. The maximum atomic E-state index is 14.7. The number of aromatic amines is 1. The Morgan fingerprint density at radius 2 is 2.07 bits per heavy atom. The Bertz CT molecular complexity index is 1210. The zero-order valence-corrected chi connectivity index (χ0v) is 14.5. The molecule has 4 aromatic rings. The van der Waals surface area contributed by atoms with E-state index in [0.717, 1.165) is 0 Å². The van der Waals surface area contributed by atoms with Gasteiger partial charge in [-0.1, -0.05) is 18.2 Å². The molecule has 140 valence electrons. The number of hydrogen-bond acceptors (Lipinski definition) is 5. The number of nitrogens with one attached hydrogen (secondary N) is 1. The van der Waals surface area contributed by atoms with Crippen LogP contribution in [0.4, 0.5) is 13.2 Å². The van der Waals surface area contributed by atoms with Gasteiger partial charge in [0.05, 0.1) is 29.4 Å². The summed E-state index contributed by atoms with van der Waals surface area (Å²) in [6.45, 7) is 1.66. The summed E-state index contributed by atoms with van der Waals surface area (Å²) < 4.78 is 45.0. The van der Waals surface area contributed by atoms with Crippen molar-refractivity contribution in [2.75, 3.05) is 0 Å². The minimum Gasteiger partial charge on any atom is -0.260 e. The van der Waals surface area contributed by atoms with E-state index in [-0.39, 0.29) is 23.2 Å². The standard InChI is InChI=1S/C18H12F3N7/c1-10-13-6-5-12(18(20,21)17-23-26-27-24-17)7-16(13)28(25-10)9-14-11(8-22)3-2-4-15(14)19/h2-7H,9H2,1H3,(H,23,24,26,27). The zero-order chi connectivity index (χ0) is 19.9. The number of fused-ring (bicyclic) bond motifs is 1. The van der Waals surface area contributed by atoms with Crippen molar-refractivity contribution in [2.45, 2.75) is 19.4 Å². The lowest BCUT2D eigenvalue weighted by Crippen LogP contribution is -2.17. The van der Waals surface area contributed by atoms with E-state index in [1.165, 1.54) is 41.1 Å². The molecule has 0 bridgehead atoms. The molecule has 1 N–H and O–H groups in total. The maximum absolute atomic E-state index is 14.7. The predicted octanol–water partition coefficient (Wildman–Crippen LogP) is 3.06. The van der Waals surface area contributed by atoms with Crippen LogP contribution in [0.2, 0.25) is 0 Å². The lowest BCUT2D eigenvalue weighted by atomic mass is 10.0. The average Bonchev–Trinajstić information content (AvgIpc) is 3.33. The topological polar surface area (TPSA) is 96.1 Å². The molecule has 0 aliphatic carbocycles. The highest BCUT2D eigenvalue weighted by Gasteiger charge is 2.38. The number of hydrogen-bond donors (Lipinski definition) is 1. The van der Waals surface area contributed by atoms with Crippen LogP contribution in [-0.4, -0.2) is 30.4 Å². The normalized spacial score (nSPS) is 11.7. The lowest BCUT2D eigenvalue weighted by molar-refractivity contribution is 0.0330. The first-order valence-electron chi connectivity index (χ1n) is 8.19. The number of aromatic nitrogens is 6. The van der Waals surface area contributed by atoms with Crippen LogP contribution in [0.5, 0.6) is 0 Å². The summed E-state index contributed by atoms with van der Waals surface area (Å²) in [5.74, 6) is -4.69. The molecule has 2 aromatic carbocycles. The zero-order valence-electron chi connectivity index (χ0n) is 14.5. The van der Waals surface area contributed by atoms with E-state index < -0.39 is 17.6 Å². The van der Waals surface area contributed by atoms with Crippen LogP contribution in [0.3, 0.4) is 0 Å². The molecule has 0 fully saturated rings. The Hall–Kier alpha value is -3.74. The number of aryl methyl sites for hydroxylation is 1. The van der Waals surface area contributed by atoms with Crippen molar-refractivity contribution in [3.05, 3.63) is 70.4 Å². The van der Waals surface area contributed by atoms with E-state index in [1.54, 1.807) is 6.92 Å². The monoisotopic (exact) mass is 383 g/mol. The first-order valence-corrected chi connectivity index (χ1v) is 8.19. The molecule has 0 unspecified atom stereocenters. The minimum atomic E-state index is -3.45. The van der Waals surface area contributed by atoms with Crippen LogP contribution in [0, 0.1) is 24.1 Å². The van der Waals surface area contributed by atoms with E-state index in [1.807, 2.05) is 6.07 Å². The predicted molar refractivity (Wildman–Crippen MR) is 91.9 cm³/mol. The van der Waals surface area contributed by atoms with Crippen LogP contribution in [0.25, 0.3) is 10.9 Å². The molecule has 0 radical (unpaired) electrons. The Morgan fingerprint density at radius 1 is 1.25 bits per heavy atom.